The minimum Gasteiger partial charge on any atom is -0.354 e. The molecule has 0 spiro atoms. The van der Waals surface area contributed by atoms with E-state index in [1.54, 1.807) is 0 Å². The quantitative estimate of drug-likeness (QED) is 0.468. The highest BCUT2D eigenvalue weighted by Gasteiger charge is 2.49. The molecule has 0 aliphatic carbocycles. The average molecular weight is 179 g/mol. The fourth-order valence-electron chi connectivity index (χ4n) is 0.871. The van der Waals surface area contributed by atoms with Gasteiger partial charge in [-0.2, -0.15) is 0 Å². The molecule has 48 valence electrons. The van der Waals surface area contributed by atoms with E-state index in [2.05, 4.69) is 29.8 Å². The molecule has 2 atom stereocenters. The van der Waals surface area contributed by atoms with E-state index < -0.39 is 0 Å². The van der Waals surface area contributed by atoms with Gasteiger partial charge >= 0.3 is 0 Å². The Balaban J connectivity index is 2.25. The third-order valence-corrected chi connectivity index (χ3v) is 2.70. The lowest BCUT2D eigenvalue weighted by molar-refractivity contribution is 0.305. The van der Waals surface area contributed by atoms with Crippen LogP contribution in [-0.2, 0) is 4.74 Å². The SMILES string of the molecule is CCCC1(C)OC1Br. The molecule has 0 saturated carbocycles. The molecule has 1 aliphatic rings. The minimum atomic E-state index is 0.175. The molecule has 0 aromatic heterocycles. The molecule has 1 aliphatic heterocycles. The first kappa shape index (κ1) is 6.56. The van der Waals surface area contributed by atoms with Crippen molar-refractivity contribution in [2.75, 3.05) is 0 Å². The first-order valence-corrected chi connectivity index (χ1v) is 3.92. The van der Waals surface area contributed by atoms with Crippen LogP contribution in [0.3, 0.4) is 0 Å². The normalized spacial score (nSPS) is 44.6. The van der Waals surface area contributed by atoms with Crippen LogP contribution in [0.5, 0.6) is 0 Å². The monoisotopic (exact) mass is 178 g/mol. The Morgan fingerprint density at radius 3 is 2.38 bits per heavy atom. The standard InChI is InChI=1S/C6H11BrO/c1-3-4-6(2)5(7)8-6/h5H,3-4H2,1-2H3. The van der Waals surface area contributed by atoms with E-state index in [9.17, 15) is 0 Å². The average Bonchev–Trinajstić information content (AvgIpc) is 2.16. The Kier molecular flexibility index (Phi) is 1.63. The van der Waals surface area contributed by atoms with Gasteiger partial charge in [0.2, 0.25) is 0 Å². The number of epoxide rings is 1. The Morgan fingerprint density at radius 2 is 2.25 bits per heavy atom. The van der Waals surface area contributed by atoms with Crippen LogP contribution in [0, 0.1) is 0 Å². The topological polar surface area (TPSA) is 12.5 Å². The van der Waals surface area contributed by atoms with E-state index >= 15 is 0 Å². The summed E-state index contributed by atoms with van der Waals surface area (Å²) in [5.41, 5.74) is 0.175. The molecule has 2 unspecified atom stereocenters. The zero-order valence-electron chi connectivity index (χ0n) is 5.28. The second kappa shape index (κ2) is 1.99. The molecule has 1 heterocycles. The summed E-state index contributed by atoms with van der Waals surface area (Å²) in [6.07, 6.45) is 2.38. The van der Waals surface area contributed by atoms with E-state index in [0.717, 1.165) is 0 Å². The minimum absolute atomic E-state index is 0.175. The van der Waals surface area contributed by atoms with Crippen molar-refractivity contribution in [3.05, 3.63) is 0 Å². The van der Waals surface area contributed by atoms with Crippen LogP contribution in [0.4, 0.5) is 0 Å². The van der Waals surface area contributed by atoms with Crippen molar-refractivity contribution in [1.29, 1.82) is 0 Å². The largest absolute Gasteiger partial charge is 0.354 e. The molecule has 0 aromatic rings. The highest BCUT2D eigenvalue weighted by Crippen LogP contribution is 2.43. The van der Waals surface area contributed by atoms with Crippen LogP contribution >= 0.6 is 15.9 Å². The van der Waals surface area contributed by atoms with Crippen molar-refractivity contribution in [2.45, 2.75) is 37.3 Å². The van der Waals surface area contributed by atoms with E-state index in [1.807, 2.05) is 0 Å². The van der Waals surface area contributed by atoms with Gasteiger partial charge in [0, 0.05) is 0 Å². The van der Waals surface area contributed by atoms with Crippen LogP contribution in [0.1, 0.15) is 26.7 Å². The summed E-state index contributed by atoms with van der Waals surface area (Å²) in [4.78, 5) is 0. The molecule has 1 rings (SSSR count). The smallest absolute Gasteiger partial charge is 0.141 e. The van der Waals surface area contributed by atoms with Gasteiger partial charge in [-0.1, -0.05) is 29.3 Å². The molecule has 0 radical (unpaired) electrons. The summed E-state index contributed by atoms with van der Waals surface area (Å²) in [7, 11) is 0. The van der Waals surface area contributed by atoms with Crippen molar-refractivity contribution in [1.82, 2.24) is 0 Å². The summed E-state index contributed by atoms with van der Waals surface area (Å²) in [6, 6.07) is 0. The maximum atomic E-state index is 5.26. The van der Waals surface area contributed by atoms with Gasteiger partial charge in [-0.25, -0.2) is 0 Å². The Morgan fingerprint density at radius 1 is 1.75 bits per heavy atom. The van der Waals surface area contributed by atoms with Crippen LogP contribution in [-0.4, -0.2) is 10.6 Å². The Hall–Kier alpha value is 0.440. The van der Waals surface area contributed by atoms with Gasteiger partial charge in [0.25, 0.3) is 0 Å². The summed E-state index contributed by atoms with van der Waals surface area (Å²) >= 11 is 3.38. The number of alkyl halides is 1. The lowest BCUT2D eigenvalue weighted by Gasteiger charge is -1.98. The fourth-order valence-corrected chi connectivity index (χ4v) is 1.53. The van der Waals surface area contributed by atoms with E-state index in [0.29, 0.717) is 5.01 Å². The van der Waals surface area contributed by atoms with Gasteiger partial charge in [0.15, 0.2) is 0 Å². The third kappa shape index (κ3) is 1.06. The van der Waals surface area contributed by atoms with Crippen LogP contribution < -0.4 is 0 Å². The first-order valence-electron chi connectivity index (χ1n) is 3.01. The van der Waals surface area contributed by atoms with Crippen molar-refractivity contribution in [2.24, 2.45) is 0 Å². The molecule has 0 bridgehead atoms. The van der Waals surface area contributed by atoms with Crippen molar-refractivity contribution >= 4 is 15.9 Å². The maximum absolute atomic E-state index is 5.26. The summed E-state index contributed by atoms with van der Waals surface area (Å²) in [5, 5.41) is 0.329. The highest BCUT2D eigenvalue weighted by molar-refractivity contribution is 9.09. The van der Waals surface area contributed by atoms with Crippen LogP contribution in [0.2, 0.25) is 0 Å². The number of rotatable bonds is 2. The molecule has 0 aromatic carbocycles. The van der Waals surface area contributed by atoms with Gasteiger partial charge in [0.1, 0.15) is 10.6 Å². The first-order chi connectivity index (χ1) is 3.69. The third-order valence-electron chi connectivity index (χ3n) is 1.54. The number of ether oxygens (including phenoxy) is 1. The Bertz CT molecular complexity index is 94.5. The van der Waals surface area contributed by atoms with E-state index in [4.69, 9.17) is 4.74 Å². The van der Waals surface area contributed by atoms with Crippen LogP contribution in [0.15, 0.2) is 0 Å². The van der Waals surface area contributed by atoms with Gasteiger partial charge in [-0.3, -0.25) is 0 Å². The van der Waals surface area contributed by atoms with Crippen molar-refractivity contribution in [3.8, 4) is 0 Å². The molecule has 1 nitrogen and oxygen atoms in total. The summed E-state index contributed by atoms with van der Waals surface area (Å²) in [6.45, 7) is 4.31. The molecule has 8 heavy (non-hydrogen) atoms. The molecule has 2 heteroatoms. The van der Waals surface area contributed by atoms with E-state index in [-0.39, 0.29) is 5.60 Å². The highest BCUT2D eigenvalue weighted by atomic mass is 79.9. The number of halogens is 1. The lowest BCUT2D eigenvalue weighted by Crippen LogP contribution is -2.04. The molecule has 1 fully saturated rings. The zero-order valence-corrected chi connectivity index (χ0v) is 6.86. The molecular weight excluding hydrogens is 168 g/mol. The predicted octanol–water partition coefficient (Wildman–Crippen LogP) is 2.30. The molecule has 1 saturated heterocycles. The van der Waals surface area contributed by atoms with Gasteiger partial charge in [-0.15, -0.1) is 0 Å². The second-order valence-corrected chi connectivity index (χ2v) is 3.33. The molecule has 0 N–H and O–H groups in total. The summed E-state index contributed by atoms with van der Waals surface area (Å²) in [5.74, 6) is 0. The van der Waals surface area contributed by atoms with Crippen molar-refractivity contribution < 1.29 is 4.74 Å². The number of hydrogen-bond acceptors (Lipinski definition) is 1. The second-order valence-electron chi connectivity index (χ2n) is 2.50. The van der Waals surface area contributed by atoms with E-state index in [1.165, 1.54) is 12.8 Å². The van der Waals surface area contributed by atoms with Gasteiger partial charge in [-0.05, 0) is 13.3 Å². The lowest BCUT2D eigenvalue weighted by atomic mass is 10.1. The van der Waals surface area contributed by atoms with Gasteiger partial charge in [0.05, 0.1) is 0 Å². The zero-order chi connectivity index (χ0) is 6.20. The van der Waals surface area contributed by atoms with Crippen LogP contribution in [0.25, 0.3) is 0 Å². The fraction of sp³-hybridized carbons (Fsp3) is 1.00. The van der Waals surface area contributed by atoms with Crippen molar-refractivity contribution in [3.63, 3.8) is 0 Å². The molecular formula is C6H11BrO. The summed E-state index contributed by atoms with van der Waals surface area (Å²) < 4.78 is 5.26. The maximum Gasteiger partial charge on any atom is 0.141 e. The number of hydrogen-bond donors (Lipinski definition) is 0. The predicted molar refractivity (Wildman–Crippen MR) is 37.1 cm³/mol. The molecule has 0 amide bonds. The Labute approximate surface area is 58.5 Å². The van der Waals surface area contributed by atoms with Gasteiger partial charge < -0.3 is 4.74 Å².